The van der Waals surface area contributed by atoms with Crippen molar-refractivity contribution in [2.45, 2.75) is 19.1 Å². The molecular weight excluding hydrogens is 472 g/mol. The number of nitrogens with one attached hydrogen (secondary N) is 2. The zero-order valence-electron chi connectivity index (χ0n) is 18.6. The molecule has 9 nitrogen and oxygen atoms in total. The van der Waals surface area contributed by atoms with Crippen molar-refractivity contribution in [1.29, 1.82) is 0 Å². The number of nitrogens with zero attached hydrogens (tertiary/aromatic N) is 4. The summed E-state index contributed by atoms with van der Waals surface area (Å²) >= 11 is 0. The number of ether oxygens (including phenoxy) is 1. The van der Waals surface area contributed by atoms with Gasteiger partial charge in [-0.25, -0.2) is 18.6 Å². The largest absolute Gasteiger partial charge is 0.442 e. The van der Waals surface area contributed by atoms with Crippen molar-refractivity contribution in [3.05, 3.63) is 53.9 Å². The van der Waals surface area contributed by atoms with Crippen molar-refractivity contribution in [2.24, 2.45) is 0 Å². The highest BCUT2D eigenvalue weighted by molar-refractivity contribution is 5.90. The second-order valence-electron chi connectivity index (χ2n) is 8.10. The molecule has 2 aliphatic heterocycles. The van der Waals surface area contributed by atoms with Gasteiger partial charge in [0.15, 0.2) is 11.6 Å². The third-order valence-electron chi connectivity index (χ3n) is 5.66. The van der Waals surface area contributed by atoms with E-state index in [1.54, 1.807) is 17.3 Å². The van der Waals surface area contributed by atoms with Gasteiger partial charge in [0, 0.05) is 57.3 Å². The van der Waals surface area contributed by atoms with Crippen LogP contribution in [0.3, 0.4) is 0 Å². The minimum absolute atomic E-state index is 0.0670. The molecule has 3 heterocycles. The second-order valence-corrected chi connectivity index (χ2v) is 8.10. The summed E-state index contributed by atoms with van der Waals surface area (Å²) in [5.74, 6) is -3.18. The number of carbonyl (C=O) groups excluding carboxylic acids is 2. The molecule has 0 saturated carbocycles. The molecule has 2 aromatic rings. The monoisotopic (exact) mass is 496 g/mol. The number of benzene rings is 1. The molecule has 0 unspecified atom stereocenters. The predicted molar refractivity (Wildman–Crippen MR) is 118 cm³/mol. The molecule has 0 spiro atoms. The van der Waals surface area contributed by atoms with Crippen LogP contribution in [0, 0.1) is 11.6 Å². The number of rotatable bonds is 7. The molecule has 13 heteroatoms. The van der Waals surface area contributed by atoms with Crippen LogP contribution in [0.2, 0.25) is 0 Å². The van der Waals surface area contributed by atoms with Crippen LogP contribution in [0.5, 0.6) is 0 Å². The highest BCUT2D eigenvalue weighted by Crippen LogP contribution is 2.31. The van der Waals surface area contributed by atoms with E-state index >= 15 is 8.78 Å². The van der Waals surface area contributed by atoms with Crippen LogP contribution in [-0.2, 0) is 16.1 Å². The van der Waals surface area contributed by atoms with Crippen molar-refractivity contribution < 1.29 is 31.9 Å². The van der Waals surface area contributed by atoms with Crippen LogP contribution in [0.15, 0.2) is 36.7 Å². The van der Waals surface area contributed by atoms with Crippen LogP contribution >= 0.6 is 0 Å². The van der Waals surface area contributed by atoms with Gasteiger partial charge in [-0.15, -0.1) is 0 Å². The van der Waals surface area contributed by atoms with Gasteiger partial charge in [0.25, 0.3) is 5.91 Å². The molecule has 1 atom stereocenters. The minimum Gasteiger partial charge on any atom is -0.442 e. The average Bonchev–Trinajstić information content (AvgIpc) is 3.05. The Balaban J connectivity index is 1.40. The molecular formula is C22H24F4N6O3. The lowest BCUT2D eigenvalue weighted by Crippen LogP contribution is -2.38. The van der Waals surface area contributed by atoms with E-state index in [1.165, 1.54) is 0 Å². The Bertz CT molecular complexity index is 1040. The van der Waals surface area contributed by atoms with Crippen LogP contribution < -0.4 is 20.5 Å². The fourth-order valence-corrected chi connectivity index (χ4v) is 3.99. The maximum atomic E-state index is 15.0. The number of alkyl halides is 2. The number of hydrogen-bond donors (Lipinski definition) is 2. The fourth-order valence-electron chi connectivity index (χ4n) is 3.99. The normalized spacial score (nSPS) is 19.1. The lowest BCUT2D eigenvalue weighted by atomic mass is 10.2. The zero-order chi connectivity index (χ0) is 24.9. The maximum absolute atomic E-state index is 15.0. The average molecular weight is 496 g/mol. The van der Waals surface area contributed by atoms with E-state index in [2.05, 4.69) is 10.4 Å². The third kappa shape index (κ3) is 5.98. The number of cyclic esters (lactones) is 1. The summed E-state index contributed by atoms with van der Waals surface area (Å²) in [6.45, 7) is 1.77. The lowest BCUT2D eigenvalue weighted by Gasteiger charge is -2.25. The van der Waals surface area contributed by atoms with Gasteiger partial charge < -0.3 is 15.0 Å². The molecule has 188 valence electrons. The first kappa shape index (κ1) is 24.7. The first-order valence-electron chi connectivity index (χ1n) is 11.0. The van der Waals surface area contributed by atoms with Crippen molar-refractivity contribution >= 4 is 23.4 Å². The molecule has 2 amide bonds. The number of anilines is 2. The number of hydrogen-bond acceptors (Lipinski definition) is 7. The number of amides is 2. The van der Waals surface area contributed by atoms with E-state index in [-0.39, 0.29) is 24.5 Å². The Morgan fingerprint density at radius 3 is 2.69 bits per heavy atom. The number of carbonyl (C=O) groups is 2. The van der Waals surface area contributed by atoms with E-state index in [0.717, 1.165) is 22.6 Å². The summed E-state index contributed by atoms with van der Waals surface area (Å²) < 4.78 is 59.8. The Labute approximate surface area is 198 Å². The topological polar surface area (TPSA) is 90.0 Å². The van der Waals surface area contributed by atoms with Gasteiger partial charge in [0.05, 0.1) is 18.8 Å². The van der Waals surface area contributed by atoms with Gasteiger partial charge in [-0.1, -0.05) is 6.07 Å². The standard InChI is InChI=1S/C22H24F4N6O3/c23-17-8-15(32-13-16(35-22(32)34)11-28-21(33)20(25)26)9-18(24)19(17)30-5-4-29-31(7-6-30)12-14-2-1-3-27-10-14/h1-3,8-10,16,20,29H,4-7,11-13H2,(H,28,33)/t16-/m0/s1. The maximum Gasteiger partial charge on any atom is 0.414 e. The molecule has 0 radical (unpaired) electrons. The van der Waals surface area contributed by atoms with Gasteiger partial charge in [-0.3, -0.25) is 20.1 Å². The van der Waals surface area contributed by atoms with Crippen molar-refractivity contribution in [3.63, 3.8) is 0 Å². The number of halogens is 4. The smallest absolute Gasteiger partial charge is 0.414 e. The van der Waals surface area contributed by atoms with E-state index < -0.39 is 36.2 Å². The van der Waals surface area contributed by atoms with E-state index in [0.29, 0.717) is 32.7 Å². The molecule has 35 heavy (non-hydrogen) atoms. The Hall–Kier alpha value is -3.45. The van der Waals surface area contributed by atoms with Crippen molar-refractivity contribution in [3.8, 4) is 0 Å². The summed E-state index contributed by atoms with van der Waals surface area (Å²) in [5.41, 5.74) is 3.97. The second kappa shape index (κ2) is 10.9. The molecule has 1 aromatic carbocycles. The minimum atomic E-state index is -3.20. The molecule has 0 bridgehead atoms. The number of pyridine rings is 1. The Morgan fingerprint density at radius 2 is 2.00 bits per heavy atom. The molecule has 1 aromatic heterocycles. The SMILES string of the molecule is O=C(NC[C@H]1CN(c2cc(F)c(N3CCNN(Cc4cccnc4)CC3)c(F)c2)C(=O)O1)C(F)F. The Morgan fingerprint density at radius 1 is 1.23 bits per heavy atom. The molecule has 0 aliphatic carbocycles. The zero-order valence-corrected chi connectivity index (χ0v) is 18.6. The summed E-state index contributed by atoms with van der Waals surface area (Å²) in [7, 11) is 0. The highest BCUT2D eigenvalue weighted by Gasteiger charge is 2.34. The third-order valence-corrected chi connectivity index (χ3v) is 5.66. The number of hydrazine groups is 1. The van der Waals surface area contributed by atoms with Crippen LogP contribution in [0.25, 0.3) is 0 Å². The van der Waals surface area contributed by atoms with Crippen LogP contribution in [-0.4, -0.2) is 73.8 Å². The van der Waals surface area contributed by atoms with E-state index in [9.17, 15) is 18.4 Å². The summed E-state index contributed by atoms with van der Waals surface area (Å²) in [4.78, 5) is 29.9. The lowest BCUT2D eigenvalue weighted by molar-refractivity contribution is -0.132. The van der Waals surface area contributed by atoms with Gasteiger partial charge in [0.2, 0.25) is 0 Å². The molecule has 2 saturated heterocycles. The van der Waals surface area contributed by atoms with Gasteiger partial charge >= 0.3 is 12.5 Å². The van der Waals surface area contributed by atoms with Gasteiger partial charge in [-0.2, -0.15) is 8.78 Å². The fraction of sp³-hybridized carbons (Fsp3) is 0.409. The van der Waals surface area contributed by atoms with E-state index in [4.69, 9.17) is 4.74 Å². The first-order valence-corrected chi connectivity index (χ1v) is 11.0. The Kier molecular flexibility index (Phi) is 7.66. The first-order chi connectivity index (χ1) is 16.8. The molecule has 4 rings (SSSR count). The summed E-state index contributed by atoms with van der Waals surface area (Å²) in [6, 6.07) is 5.84. The van der Waals surface area contributed by atoms with Crippen LogP contribution in [0.1, 0.15) is 5.56 Å². The summed E-state index contributed by atoms with van der Waals surface area (Å²) in [6.07, 6.45) is -1.58. The quantitative estimate of drug-likeness (QED) is 0.566. The molecule has 2 aliphatic rings. The number of aromatic nitrogens is 1. The highest BCUT2D eigenvalue weighted by atomic mass is 19.3. The predicted octanol–water partition coefficient (Wildman–Crippen LogP) is 1.89. The van der Waals surface area contributed by atoms with Gasteiger partial charge in [-0.05, 0) is 11.6 Å². The van der Waals surface area contributed by atoms with Gasteiger partial charge in [0.1, 0.15) is 11.8 Å². The van der Waals surface area contributed by atoms with Crippen molar-refractivity contribution in [2.75, 3.05) is 49.1 Å². The summed E-state index contributed by atoms with van der Waals surface area (Å²) in [5, 5.41) is 3.91. The van der Waals surface area contributed by atoms with Crippen LogP contribution in [0.4, 0.5) is 33.7 Å². The molecule has 2 N–H and O–H groups in total. The van der Waals surface area contributed by atoms with E-state index in [1.807, 2.05) is 22.5 Å². The van der Waals surface area contributed by atoms with Crippen molar-refractivity contribution in [1.82, 2.24) is 20.7 Å². The molecule has 2 fully saturated rings.